The lowest BCUT2D eigenvalue weighted by Crippen LogP contribution is -2.14. The molecular weight excluding hydrogens is 341 g/mol. The largest absolute Gasteiger partial charge is 0.446 e. The number of nitrogens with zero attached hydrogens (tertiary/aromatic N) is 4. The monoisotopic (exact) mass is 353 g/mol. The molecule has 1 N–H and O–H groups in total. The van der Waals surface area contributed by atoms with Crippen molar-refractivity contribution in [2.75, 3.05) is 13.6 Å². The molecule has 0 fully saturated rings. The van der Waals surface area contributed by atoms with Crippen LogP contribution in [0.25, 0.3) is 17.2 Å². The normalized spacial score (nSPS) is 11.1. The number of nitrogens with one attached hydrogen (secondary N) is 1. The van der Waals surface area contributed by atoms with Gasteiger partial charge in [-0.25, -0.2) is 18.4 Å². The fourth-order valence-corrected chi connectivity index (χ4v) is 2.40. The molecule has 3 rings (SSSR count). The van der Waals surface area contributed by atoms with Gasteiger partial charge in [-0.05, 0) is 49.8 Å². The van der Waals surface area contributed by atoms with Gasteiger partial charge in [-0.3, -0.25) is 4.52 Å². The van der Waals surface area contributed by atoms with E-state index in [4.69, 9.17) is 20.8 Å². The van der Waals surface area contributed by atoms with Crippen LogP contribution < -0.4 is 11.1 Å². The molecule has 2 heterocycles. The zero-order valence-corrected chi connectivity index (χ0v) is 13.4. The molecule has 1 aromatic carbocycles. The predicted molar refractivity (Wildman–Crippen MR) is 82.6 cm³/mol. The van der Waals surface area contributed by atoms with Crippen LogP contribution in [-0.4, -0.2) is 33.6 Å². The van der Waals surface area contributed by atoms with E-state index < -0.39 is 11.6 Å². The second kappa shape index (κ2) is 6.93. The fraction of sp³-hybridized carbons (Fsp3) is 0.286. The van der Waals surface area contributed by atoms with E-state index in [-0.39, 0.29) is 16.5 Å². The Morgan fingerprint density at radius 2 is 2.17 bits per heavy atom. The molecule has 2 aromatic heterocycles. The molecule has 0 saturated carbocycles. The van der Waals surface area contributed by atoms with Crippen molar-refractivity contribution >= 4 is 11.6 Å². The van der Waals surface area contributed by atoms with Crippen molar-refractivity contribution in [1.29, 1.82) is 0 Å². The Labute approximate surface area is 140 Å². The van der Waals surface area contributed by atoms with Gasteiger partial charge < -0.3 is 5.32 Å². The number of aryl methyl sites for hydroxylation is 1. The van der Waals surface area contributed by atoms with E-state index in [1.54, 1.807) is 0 Å². The van der Waals surface area contributed by atoms with Crippen LogP contribution in [-0.2, 0) is 6.42 Å². The summed E-state index contributed by atoms with van der Waals surface area (Å²) in [6.07, 6.45) is 1.37. The second-order valence-electron chi connectivity index (χ2n) is 4.97. The molecule has 0 amide bonds. The van der Waals surface area contributed by atoms with Crippen molar-refractivity contribution in [2.24, 2.45) is 0 Å². The van der Waals surface area contributed by atoms with Gasteiger partial charge in [0.15, 0.2) is 5.69 Å². The van der Waals surface area contributed by atoms with Crippen LogP contribution in [0.4, 0.5) is 4.39 Å². The SMILES string of the molecule is CNCCCc1nonc1-c1noc(=O)n1-c1ccc(F)c(Cl)c1. The Kier molecular flexibility index (Phi) is 4.72. The van der Waals surface area contributed by atoms with E-state index >= 15 is 0 Å². The lowest BCUT2D eigenvalue weighted by molar-refractivity contribution is 0.303. The summed E-state index contributed by atoms with van der Waals surface area (Å²) < 4.78 is 24.0. The lowest BCUT2D eigenvalue weighted by atomic mass is 10.2. The number of aromatic nitrogens is 4. The van der Waals surface area contributed by atoms with Gasteiger partial charge in [0.05, 0.1) is 10.7 Å². The minimum absolute atomic E-state index is 0.114. The maximum absolute atomic E-state index is 13.4. The number of hydrogen-bond donors (Lipinski definition) is 1. The number of halogens is 2. The van der Waals surface area contributed by atoms with E-state index in [1.807, 2.05) is 7.05 Å². The Balaban J connectivity index is 2.04. The molecule has 0 spiro atoms. The van der Waals surface area contributed by atoms with Crippen LogP contribution in [0.3, 0.4) is 0 Å². The van der Waals surface area contributed by atoms with E-state index in [0.717, 1.165) is 23.6 Å². The van der Waals surface area contributed by atoms with Crippen molar-refractivity contribution in [2.45, 2.75) is 12.8 Å². The average Bonchev–Trinajstić information content (AvgIpc) is 3.17. The third-order valence-electron chi connectivity index (χ3n) is 3.37. The average molecular weight is 354 g/mol. The molecule has 0 aliphatic heterocycles. The lowest BCUT2D eigenvalue weighted by Gasteiger charge is -2.04. The van der Waals surface area contributed by atoms with Crippen molar-refractivity contribution in [3.63, 3.8) is 0 Å². The van der Waals surface area contributed by atoms with E-state index in [2.05, 4.69) is 20.8 Å². The summed E-state index contributed by atoms with van der Waals surface area (Å²) in [6, 6.07) is 3.83. The Bertz CT molecular complexity index is 904. The molecule has 0 unspecified atom stereocenters. The van der Waals surface area contributed by atoms with E-state index in [9.17, 15) is 9.18 Å². The molecule has 10 heteroatoms. The highest BCUT2D eigenvalue weighted by Gasteiger charge is 2.22. The molecule has 0 atom stereocenters. The first kappa shape index (κ1) is 16.3. The highest BCUT2D eigenvalue weighted by Crippen LogP contribution is 2.24. The quantitative estimate of drug-likeness (QED) is 0.675. The van der Waals surface area contributed by atoms with Crippen LogP contribution in [0, 0.1) is 5.82 Å². The van der Waals surface area contributed by atoms with Gasteiger partial charge in [0.2, 0.25) is 5.82 Å². The van der Waals surface area contributed by atoms with Crippen LogP contribution in [0.15, 0.2) is 32.1 Å². The smallest absolute Gasteiger partial charge is 0.320 e. The first-order valence-corrected chi connectivity index (χ1v) is 7.50. The topological polar surface area (TPSA) is 99.0 Å². The second-order valence-corrected chi connectivity index (χ2v) is 5.38. The summed E-state index contributed by atoms with van der Waals surface area (Å²) >= 11 is 5.78. The molecule has 126 valence electrons. The standard InChI is InChI=1S/C14H13ClFN5O3/c1-17-6-2-3-11-12(19-24-18-11)13-20-23-14(22)21(13)8-4-5-10(16)9(15)7-8/h4-5,7,17H,2-3,6H2,1H3. The molecule has 0 radical (unpaired) electrons. The van der Waals surface area contributed by atoms with E-state index in [1.165, 1.54) is 12.1 Å². The summed E-state index contributed by atoms with van der Waals surface area (Å²) in [7, 11) is 1.84. The maximum atomic E-state index is 13.4. The molecule has 0 bridgehead atoms. The van der Waals surface area contributed by atoms with Gasteiger partial charge >= 0.3 is 5.76 Å². The van der Waals surface area contributed by atoms with Crippen LogP contribution in [0.1, 0.15) is 12.1 Å². The zero-order valence-electron chi connectivity index (χ0n) is 12.6. The highest BCUT2D eigenvalue weighted by molar-refractivity contribution is 6.30. The Morgan fingerprint density at radius 3 is 2.92 bits per heavy atom. The van der Waals surface area contributed by atoms with Gasteiger partial charge in [-0.15, -0.1) is 0 Å². The molecule has 8 nitrogen and oxygen atoms in total. The molecular formula is C14H13ClFN5O3. The number of hydrogen-bond acceptors (Lipinski definition) is 7. The Morgan fingerprint density at radius 1 is 1.33 bits per heavy atom. The zero-order chi connectivity index (χ0) is 17.1. The molecule has 0 aliphatic rings. The van der Waals surface area contributed by atoms with Gasteiger partial charge in [0.25, 0.3) is 0 Å². The third kappa shape index (κ3) is 3.08. The first-order chi connectivity index (χ1) is 11.6. The van der Waals surface area contributed by atoms with Gasteiger partial charge in [0.1, 0.15) is 11.5 Å². The van der Waals surface area contributed by atoms with Crippen molar-refractivity contribution in [3.05, 3.63) is 45.3 Å². The van der Waals surface area contributed by atoms with Crippen molar-refractivity contribution in [1.82, 2.24) is 25.4 Å². The minimum atomic E-state index is -0.753. The summed E-state index contributed by atoms with van der Waals surface area (Å²) in [5.74, 6) is -1.23. The van der Waals surface area contributed by atoms with Gasteiger partial charge in [-0.1, -0.05) is 21.9 Å². The third-order valence-corrected chi connectivity index (χ3v) is 3.66. The first-order valence-electron chi connectivity index (χ1n) is 7.12. The summed E-state index contributed by atoms with van der Waals surface area (Å²) in [6.45, 7) is 0.783. The van der Waals surface area contributed by atoms with Crippen molar-refractivity contribution < 1.29 is 13.5 Å². The molecule has 0 aliphatic carbocycles. The van der Waals surface area contributed by atoms with Crippen molar-refractivity contribution in [3.8, 4) is 17.2 Å². The number of benzene rings is 1. The highest BCUT2D eigenvalue weighted by atomic mass is 35.5. The van der Waals surface area contributed by atoms with Crippen LogP contribution >= 0.6 is 11.6 Å². The van der Waals surface area contributed by atoms with Crippen LogP contribution in [0.5, 0.6) is 0 Å². The molecule has 0 saturated heterocycles. The summed E-state index contributed by atoms with van der Waals surface area (Å²) in [5.41, 5.74) is 1.13. The van der Waals surface area contributed by atoms with Crippen LogP contribution in [0.2, 0.25) is 5.02 Å². The van der Waals surface area contributed by atoms with E-state index in [0.29, 0.717) is 17.8 Å². The maximum Gasteiger partial charge on any atom is 0.446 e. The Hall–Kier alpha value is -2.52. The minimum Gasteiger partial charge on any atom is -0.320 e. The van der Waals surface area contributed by atoms with Gasteiger partial charge in [0, 0.05) is 0 Å². The summed E-state index contributed by atoms with van der Waals surface area (Å²) in [4.78, 5) is 12.0. The molecule has 3 aromatic rings. The summed E-state index contributed by atoms with van der Waals surface area (Å²) in [5, 5.41) is 14.3. The predicted octanol–water partition coefficient (Wildman–Crippen LogP) is 1.82. The molecule has 24 heavy (non-hydrogen) atoms. The fourth-order valence-electron chi connectivity index (χ4n) is 2.22. The number of rotatable bonds is 6. The van der Waals surface area contributed by atoms with Gasteiger partial charge in [-0.2, -0.15) is 0 Å².